The second kappa shape index (κ2) is 6.66. The lowest BCUT2D eigenvalue weighted by Gasteiger charge is -2.10. The predicted octanol–water partition coefficient (Wildman–Crippen LogP) is 3.51. The van der Waals surface area contributed by atoms with Gasteiger partial charge in [-0.1, -0.05) is 29.3 Å². The summed E-state index contributed by atoms with van der Waals surface area (Å²) in [6.45, 7) is 0.573. The van der Waals surface area contributed by atoms with Crippen molar-refractivity contribution < 1.29 is 8.42 Å². The summed E-state index contributed by atoms with van der Waals surface area (Å²) in [6, 6.07) is 11.1. The normalized spacial score (nSPS) is 11.4. The van der Waals surface area contributed by atoms with Gasteiger partial charge in [-0.2, -0.15) is 0 Å². The Bertz CT molecular complexity index is 731. The number of hydrogen-bond acceptors (Lipinski definition) is 3. The molecule has 2 rings (SSSR count). The molecule has 0 fully saturated rings. The molecule has 0 bridgehead atoms. The molecule has 0 aliphatic carbocycles. The average molecular weight is 345 g/mol. The van der Waals surface area contributed by atoms with Crippen LogP contribution in [0.3, 0.4) is 0 Å². The standard InChI is InChI=1S/C14H14Cl2N2O2S/c1-17-9-10-2-7-13(8-14(10)16)21(19,20)18-12-5-3-11(15)4-6-12/h2-8,17-18H,9H2,1H3. The summed E-state index contributed by atoms with van der Waals surface area (Å²) in [7, 11) is -1.88. The van der Waals surface area contributed by atoms with Gasteiger partial charge >= 0.3 is 0 Å². The first-order chi connectivity index (χ1) is 9.92. The van der Waals surface area contributed by atoms with Crippen molar-refractivity contribution in [1.82, 2.24) is 5.32 Å². The summed E-state index contributed by atoms with van der Waals surface area (Å²) in [5, 5.41) is 3.91. The summed E-state index contributed by atoms with van der Waals surface area (Å²) in [6.07, 6.45) is 0. The molecule has 0 spiro atoms. The van der Waals surface area contributed by atoms with Crippen molar-refractivity contribution in [3.63, 3.8) is 0 Å². The largest absolute Gasteiger partial charge is 0.316 e. The van der Waals surface area contributed by atoms with Crippen molar-refractivity contribution in [2.75, 3.05) is 11.8 Å². The second-order valence-corrected chi connectivity index (χ2v) is 6.92. The van der Waals surface area contributed by atoms with E-state index in [9.17, 15) is 8.42 Å². The molecule has 4 nitrogen and oxygen atoms in total. The predicted molar refractivity (Wildman–Crippen MR) is 86.5 cm³/mol. The van der Waals surface area contributed by atoms with Gasteiger partial charge in [0.2, 0.25) is 0 Å². The van der Waals surface area contributed by atoms with Crippen molar-refractivity contribution in [3.8, 4) is 0 Å². The fourth-order valence-electron chi connectivity index (χ4n) is 1.76. The third-order valence-corrected chi connectivity index (χ3v) is 4.78. The summed E-state index contributed by atoms with van der Waals surface area (Å²) < 4.78 is 27.1. The molecule has 0 radical (unpaired) electrons. The first-order valence-electron chi connectivity index (χ1n) is 6.14. The van der Waals surface area contributed by atoms with Crippen LogP contribution in [0.25, 0.3) is 0 Å². The van der Waals surface area contributed by atoms with Crippen LogP contribution in [0.1, 0.15) is 5.56 Å². The number of benzene rings is 2. The number of anilines is 1. The second-order valence-electron chi connectivity index (χ2n) is 4.40. The molecule has 0 aliphatic heterocycles. The maximum Gasteiger partial charge on any atom is 0.261 e. The van der Waals surface area contributed by atoms with Gasteiger partial charge in [0.1, 0.15) is 0 Å². The molecule has 2 N–H and O–H groups in total. The molecule has 21 heavy (non-hydrogen) atoms. The third kappa shape index (κ3) is 4.11. The van der Waals surface area contributed by atoms with E-state index < -0.39 is 10.0 Å². The van der Waals surface area contributed by atoms with E-state index in [1.807, 2.05) is 0 Å². The lowest BCUT2D eigenvalue weighted by Crippen LogP contribution is -2.13. The molecule has 0 atom stereocenters. The van der Waals surface area contributed by atoms with Gasteiger partial charge in [0.05, 0.1) is 4.90 Å². The van der Waals surface area contributed by atoms with Gasteiger partial charge in [0.25, 0.3) is 10.0 Å². The monoisotopic (exact) mass is 344 g/mol. The molecule has 2 aromatic rings. The van der Waals surface area contributed by atoms with Crippen molar-refractivity contribution in [2.45, 2.75) is 11.4 Å². The van der Waals surface area contributed by atoms with Gasteiger partial charge < -0.3 is 5.32 Å². The Hall–Kier alpha value is -1.27. The molecular formula is C14H14Cl2N2O2S. The van der Waals surface area contributed by atoms with Gasteiger partial charge in [-0.3, -0.25) is 4.72 Å². The van der Waals surface area contributed by atoms with E-state index in [4.69, 9.17) is 23.2 Å². The van der Waals surface area contributed by atoms with Gasteiger partial charge in [-0.05, 0) is 49.0 Å². The van der Waals surface area contributed by atoms with Crippen LogP contribution >= 0.6 is 23.2 Å². The van der Waals surface area contributed by atoms with E-state index in [0.717, 1.165) is 5.56 Å². The summed E-state index contributed by atoms with van der Waals surface area (Å²) >= 11 is 11.9. The molecular weight excluding hydrogens is 331 g/mol. The molecule has 0 unspecified atom stereocenters. The molecule has 0 heterocycles. The SMILES string of the molecule is CNCc1ccc(S(=O)(=O)Nc2ccc(Cl)cc2)cc1Cl. The zero-order valence-corrected chi connectivity index (χ0v) is 13.6. The fraction of sp³-hybridized carbons (Fsp3) is 0.143. The van der Waals surface area contributed by atoms with Gasteiger partial charge in [0, 0.05) is 22.3 Å². The van der Waals surface area contributed by atoms with Crippen LogP contribution in [0.15, 0.2) is 47.4 Å². The Morgan fingerprint density at radius 3 is 2.29 bits per heavy atom. The highest BCUT2D eigenvalue weighted by molar-refractivity contribution is 7.92. The molecule has 0 amide bonds. The van der Waals surface area contributed by atoms with E-state index >= 15 is 0 Å². The van der Waals surface area contributed by atoms with Crippen LogP contribution in [-0.4, -0.2) is 15.5 Å². The van der Waals surface area contributed by atoms with Gasteiger partial charge in [-0.25, -0.2) is 8.42 Å². The quantitative estimate of drug-likeness (QED) is 0.872. The van der Waals surface area contributed by atoms with Crippen LogP contribution in [0.2, 0.25) is 10.0 Å². The van der Waals surface area contributed by atoms with E-state index in [0.29, 0.717) is 22.3 Å². The number of nitrogens with one attached hydrogen (secondary N) is 2. The van der Waals surface area contributed by atoms with E-state index in [1.165, 1.54) is 12.1 Å². The first-order valence-corrected chi connectivity index (χ1v) is 8.38. The lowest BCUT2D eigenvalue weighted by molar-refractivity contribution is 0.601. The number of sulfonamides is 1. The minimum atomic E-state index is -3.68. The minimum Gasteiger partial charge on any atom is -0.316 e. The number of hydrogen-bond donors (Lipinski definition) is 2. The van der Waals surface area contributed by atoms with Crippen molar-refractivity contribution in [2.24, 2.45) is 0 Å². The van der Waals surface area contributed by atoms with E-state index in [2.05, 4.69) is 10.0 Å². The number of halogens is 2. The summed E-state index contributed by atoms with van der Waals surface area (Å²) in [4.78, 5) is 0.113. The van der Waals surface area contributed by atoms with E-state index in [1.54, 1.807) is 37.4 Å². The van der Waals surface area contributed by atoms with Gasteiger partial charge in [-0.15, -0.1) is 0 Å². The summed E-state index contributed by atoms with van der Waals surface area (Å²) in [5.74, 6) is 0. The molecule has 112 valence electrons. The first kappa shape index (κ1) is 16.1. The van der Waals surface area contributed by atoms with Crippen LogP contribution in [0, 0.1) is 0 Å². The summed E-state index contributed by atoms with van der Waals surface area (Å²) in [5.41, 5.74) is 1.28. The molecule has 0 saturated heterocycles. The zero-order valence-electron chi connectivity index (χ0n) is 11.2. The highest BCUT2D eigenvalue weighted by Crippen LogP contribution is 2.23. The molecule has 2 aromatic carbocycles. The highest BCUT2D eigenvalue weighted by atomic mass is 35.5. The van der Waals surface area contributed by atoms with Crippen molar-refractivity contribution >= 4 is 38.9 Å². The van der Waals surface area contributed by atoms with Gasteiger partial charge in [0.15, 0.2) is 0 Å². The Kier molecular flexibility index (Phi) is 5.11. The van der Waals surface area contributed by atoms with Crippen LogP contribution < -0.4 is 10.0 Å². The Morgan fingerprint density at radius 1 is 1.05 bits per heavy atom. The molecule has 0 aromatic heterocycles. The topological polar surface area (TPSA) is 58.2 Å². The van der Waals surface area contributed by atoms with E-state index in [-0.39, 0.29) is 4.90 Å². The highest BCUT2D eigenvalue weighted by Gasteiger charge is 2.15. The smallest absolute Gasteiger partial charge is 0.261 e. The third-order valence-electron chi connectivity index (χ3n) is 2.80. The molecule has 0 aliphatic rings. The van der Waals surface area contributed by atoms with Crippen LogP contribution in [-0.2, 0) is 16.6 Å². The molecule has 0 saturated carbocycles. The number of rotatable bonds is 5. The maximum absolute atomic E-state index is 12.3. The Labute approximate surface area is 134 Å². The van der Waals surface area contributed by atoms with Crippen LogP contribution in [0.5, 0.6) is 0 Å². The Morgan fingerprint density at radius 2 is 1.71 bits per heavy atom. The molecule has 7 heteroatoms. The maximum atomic E-state index is 12.3. The minimum absolute atomic E-state index is 0.113. The van der Waals surface area contributed by atoms with Crippen LogP contribution in [0.4, 0.5) is 5.69 Å². The zero-order chi connectivity index (χ0) is 15.5. The Balaban J connectivity index is 2.27. The van der Waals surface area contributed by atoms with Crippen molar-refractivity contribution in [1.29, 1.82) is 0 Å². The lowest BCUT2D eigenvalue weighted by atomic mass is 10.2. The fourth-order valence-corrected chi connectivity index (χ4v) is 3.28. The van der Waals surface area contributed by atoms with Crippen molar-refractivity contribution in [3.05, 3.63) is 58.1 Å². The average Bonchev–Trinajstić information content (AvgIpc) is 2.43.